The van der Waals surface area contributed by atoms with Crippen molar-refractivity contribution in [2.75, 3.05) is 27.2 Å². The second kappa shape index (κ2) is 4.77. The molecule has 0 saturated heterocycles. The molecule has 0 fully saturated rings. The summed E-state index contributed by atoms with van der Waals surface area (Å²) in [4.78, 5) is 5.42. The molecule has 1 aromatic rings. The summed E-state index contributed by atoms with van der Waals surface area (Å²) in [6, 6.07) is 2.91. The molecular weight excluding hydrogens is 171 g/mol. The van der Waals surface area contributed by atoms with Crippen LogP contribution in [0.3, 0.4) is 0 Å². The molecule has 1 aromatic heterocycles. The smallest absolute Gasteiger partial charge is 0.216 e. The maximum atomic E-state index is 12.6. The third-order valence-corrected chi connectivity index (χ3v) is 1.51. The predicted molar refractivity (Wildman–Crippen MR) is 48.2 cm³/mol. The number of ether oxygens (including phenoxy) is 1. The highest BCUT2D eigenvalue weighted by atomic mass is 19.1. The van der Waals surface area contributed by atoms with Gasteiger partial charge in [-0.05, 0) is 20.2 Å². The SMILES string of the molecule is CN(C)CCOc1ccnc(F)c1. The number of hydrogen-bond donors (Lipinski definition) is 0. The van der Waals surface area contributed by atoms with E-state index in [0.29, 0.717) is 12.4 Å². The maximum absolute atomic E-state index is 12.6. The first-order chi connectivity index (χ1) is 6.18. The summed E-state index contributed by atoms with van der Waals surface area (Å²) in [7, 11) is 3.91. The Balaban J connectivity index is 2.37. The van der Waals surface area contributed by atoms with Crippen LogP contribution in [0.2, 0.25) is 0 Å². The van der Waals surface area contributed by atoms with Crippen LogP contribution in [0.5, 0.6) is 5.75 Å². The topological polar surface area (TPSA) is 25.4 Å². The molecule has 1 rings (SSSR count). The van der Waals surface area contributed by atoms with E-state index in [-0.39, 0.29) is 0 Å². The molecule has 0 saturated carbocycles. The van der Waals surface area contributed by atoms with Crippen LogP contribution in [0, 0.1) is 5.95 Å². The molecule has 0 unspecified atom stereocenters. The lowest BCUT2D eigenvalue weighted by Gasteiger charge is -2.10. The van der Waals surface area contributed by atoms with Gasteiger partial charge in [-0.1, -0.05) is 0 Å². The molecule has 0 bridgehead atoms. The average molecular weight is 184 g/mol. The summed E-state index contributed by atoms with van der Waals surface area (Å²) in [5.41, 5.74) is 0. The number of aromatic nitrogens is 1. The van der Waals surface area contributed by atoms with Gasteiger partial charge in [0.15, 0.2) is 0 Å². The summed E-state index contributed by atoms with van der Waals surface area (Å²) in [6.45, 7) is 1.36. The molecule has 0 amide bonds. The van der Waals surface area contributed by atoms with E-state index in [9.17, 15) is 4.39 Å². The Labute approximate surface area is 77.1 Å². The lowest BCUT2D eigenvalue weighted by Crippen LogP contribution is -2.19. The van der Waals surface area contributed by atoms with E-state index in [4.69, 9.17) is 4.74 Å². The Morgan fingerprint density at radius 3 is 2.92 bits per heavy atom. The molecule has 13 heavy (non-hydrogen) atoms. The van der Waals surface area contributed by atoms with Crippen molar-refractivity contribution in [1.82, 2.24) is 9.88 Å². The minimum absolute atomic E-state index is 0.512. The average Bonchev–Trinajstić information content (AvgIpc) is 2.03. The van der Waals surface area contributed by atoms with Gasteiger partial charge in [0, 0.05) is 18.8 Å². The number of nitrogens with zero attached hydrogens (tertiary/aromatic N) is 2. The molecule has 0 aromatic carbocycles. The van der Waals surface area contributed by atoms with Crippen LogP contribution in [0.4, 0.5) is 4.39 Å². The van der Waals surface area contributed by atoms with E-state index in [1.807, 2.05) is 19.0 Å². The van der Waals surface area contributed by atoms with E-state index in [1.54, 1.807) is 6.07 Å². The number of hydrogen-bond acceptors (Lipinski definition) is 3. The molecule has 0 aliphatic rings. The molecule has 0 aliphatic carbocycles. The molecule has 3 nitrogen and oxygen atoms in total. The molecule has 72 valence electrons. The number of pyridine rings is 1. The van der Waals surface area contributed by atoms with Gasteiger partial charge in [0.05, 0.1) is 0 Å². The van der Waals surface area contributed by atoms with Gasteiger partial charge in [0.2, 0.25) is 5.95 Å². The van der Waals surface area contributed by atoms with Crippen LogP contribution < -0.4 is 4.74 Å². The molecule has 0 spiro atoms. The first kappa shape index (κ1) is 9.92. The van der Waals surface area contributed by atoms with Gasteiger partial charge in [-0.2, -0.15) is 4.39 Å². The molecule has 4 heteroatoms. The summed E-state index contributed by atoms with van der Waals surface area (Å²) in [5.74, 6) is 0.0108. The van der Waals surface area contributed by atoms with Crippen molar-refractivity contribution >= 4 is 0 Å². The molecule has 0 radical (unpaired) electrons. The fraction of sp³-hybridized carbons (Fsp3) is 0.444. The van der Waals surface area contributed by atoms with Crippen LogP contribution in [0.25, 0.3) is 0 Å². The van der Waals surface area contributed by atoms with E-state index in [2.05, 4.69) is 4.98 Å². The molecule has 0 atom stereocenters. The van der Waals surface area contributed by atoms with Gasteiger partial charge in [-0.15, -0.1) is 0 Å². The first-order valence-corrected chi connectivity index (χ1v) is 4.07. The van der Waals surface area contributed by atoms with Crippen molar-refractivity contribution in [3.8, 4) is 5.75 Å². The minimum Gasteiger partial charge on any atom is -0.492 e. The lowest BCUT2D eigenvalue weighted by atomic mass is 10.4. The fourth-order valence-corrected chi connectivity index (χ4v) is 0.821. The molecule has 1 heterocycles. The highest BCUT2D eigenvalue weighted by Crippen LogP contribution is 2.09. The van der Waals surface area contributed by atoms with Crippen molar-refractivity contribution in [2.24, 2.45) is 0 Å². The maximum Gasteiger partial charge on any atom is 0.216 e. The van der Waals surface area contributed by atoms with Crippen molar-refractivity contribution in [3.05, 3.63) is 24.3 Å². The number of likely N-dealkylation sites (N-methyl/N-ethyl adjacent to an activating group) is 1. The summed E-state index contributed by atoms with van der Waals surface area (Å²) >= 11 is 0. The second-order valence-electron chi connectivity index (χ2n) is 2.97. The summed E-state index contributed by atoms with van der Waals surface area (Å²) < 4.78 is 17.8. The van der Waals surface area contributed by atoms with Gasteiger partial charge in [-0.25, -0.2) is 4.98 Å². The fourth-order valence-electron chi connectivity index (χ4n) is 0.821. The highest BCUT2D eigenvalue weighted by molar-refractivity contribution is 5.17. The zero-order chi connectivity index (χ0) is 9.68. The van der Waals surface area contributed by atoms with E-state index < -0.39 is 5.95 Å². The molecular formula is C9H13FN2O. The Morgan fingerprint density at radius 2 is 2.31 bits per heavy atom. The van der Waals surface area contributed by atoms with Crippen molar-refractivity contribution < 1.29 is 9.13 Å². The molecule has 0 N–H and O–H groups in total. The Kier molecular flexibility index (Phi) is 3.64. The quantitative estimate of drug-likeness (QED) is 0.656. The monoisotopic (exact) mass is 184 g/mol. The zero-order valence-corrected chi connectivity index (χ0v) is 7.83. The van der Waals surface area contributed by atoms with Crippen LogP contribution in [-0.2, 0) is 0 Å². The Hall–Kier alpha value is -1.16. The Morgan fingerprint density at radius 1 is 1.54 bits per heavy atom. The predicted octanol–water partition coefficient (Wildman–Crippen LogP) is 1.16. The van der Waals surface area contributed by atoms with Gasteiger partial charge >= 0.3 is 0 Å². The third kappa shape index (κ3) is 3.85. The van der Waals surface area contributed by atoms with Crippen molar-refractivity contribution in [3.63, 3.8) is 0 Å². The van der Waals surface area contributed by atoms with Crippen LogP contribution in [-0.4, -0.2) is 37.1 Å². The first-order valence-electron chi connectivity index (χ1n) is 4.07. The second-order valence-corrected chi connectivity index (χ2v) is 2.97. The highest BCUT2D eigenvalue weighted by Gasteiger charge is 1.96. The summed E-state index contributed by atoms with van der Waals surface area (Å²) in [5, 5.41) is 0. The van der Waals surface area contributed by atoms with Gasteiger partial charge in [0.25, 0.3) is 0 Å². The van der Waals surface area contributed by atoms with E-state index in [0.717, 1.165) is 6.54 Å². The lowest BCUT2D eigenvalue weighted by molar-refractivity contribution is 0.260. The number of rotatable bonds is 4. The molecule has 0 aliphatic heterocycles. The van der Waals surface area contributed by atoms with Crippen LogP contribution in [0.15, 0.2) is 18.3 Å². The minimum atomic E-state index is -0.512. The van der Waals surface area contributed by atoms with Crippen LogP contribution >= 0.6 is 0 Å². The van der Waals surface area contributed by atoms with Gasteiger partial charge in [-0.3, -0.25) is 0 Å². The van der Waals surface area contributed by atoms with Gasteiger partial charge in [0.1, 0.15) is 12.4 Å². The normalized spacial score (nSPS) is 10.5. The van der Waals surface area contributed by atoms with Gasteiger partial charge < -0.3 is 9.64 Å². The number of halogens is 1. The zero-order valence-electron chi connectivity index (χ0n) is 7.83. The van der Waals surface area contributed by atoms with E-state index >= 15 is 0 Å². The van der Waals surface area contributed by atoms with Crippen molar-refractivity contribution in [1.29, 1.82) is 0 Å². The van der Waals surface area contributed by atoms with Crippen LogP contribution in [0.1, 0.15) is 0 Å². The summed E-state index contributed by atoms with van der Waals surface area (Å²) in [6.07, 6.45) is 1.39. The van der Waals surface area contributed by atoms with Crippen molar-refractivity contribution in [2.45, 2.75) is 0 Å². The Bertz CT molecular complexity index is 266. The third-order valence-electron chi connectivity index (χ3n) is 1.51. The standard InChI is InChI=1S/C9H13FN2O/c1-12(2)5-6-13-8-3-4-11-9(10)7-8/h3-4,7H,5-6H2,1-2H3. The largest absolute Gasteiger partial charge is 0.492 e. The van der Waals surface area contributed by atoms with E-state index in [1.165, 1.54) is 12.3 Å².